The predicted octanol–water partition coefficient (Wildman–Crippen LogP) is 3.38. The van der Waals surface area contributed by atoms with Gasteiger partial charge in [-0.05, 0) is 30.7 Å². The van der Waals surface area contributed by atoms with Crippen molar-refractivity contribution in [2.75, 3.05) is 0 Å². The van der Waals surface area contributed by atoms with Crippen LogP contribution in [-0.4, -0.2) is 38.1 Å². The Bertz CT molecular complexity index is 1260. The van der Waals surface area contributed by atoms with Crippen molar-refractivity contribution in [3.8, 4) is 11.5 Å². The van der Waals surface area contributed by atoms with Gasteiger partial charge >= 0.3 is 5.97 Å². The third kappa shape index (κ3) is 4.15. The first-order valence-corrected chi connectivity index (χ1v) is 10.1. The summed E-state index contributed by atoms with van der Waals surface area (Å²) in [5.74, 6) is -0.581. The highest BCUT2D eigenvalue weighted by Crippen LogP contribution is 2.33. The van der Waals surface area contributed by atoms with Crippen LogP contribution in [0, 0.1) is 0 Å². The normalized spacial score (nSPS) is 12.3. The molecule has 0 bridgehead atoms. The van der Waals surface area contributed by atoms with Gasteiger partial charge in [-0.1, -0.05) is 31.5 Å². The number of aromatic amines is 1. The summed E-state index contributed by atoms with van der Waals surface area (Å²) in [4.78, 5) is 31.9. The standard InChI is InChI=1S/C23H23N3O5/c1-2-5-18(23(29)30)25-20(28)11-13-10-16-15-6-3-4-7-17(15)26-21(16)22(24-13)19-9-8-14(12-27)31-19/h3-4,6-10,18,26-27H,2,5,11-12H2,1H3,(H,25,28)(H,29,30). The van der Waals surface area contributed by atoms with E-state index >= 15 is 0 Å². The fourth-order valence-corrected chi connectivity index (χ4v) is 3.71. The molecule has 0 saturated heterocycles. The lowest BCUT2D eigenvalue weighted by Crippen LogP contribution is -2.41. The zero-order valence-electron chi connectivity index (χ0n) is 17.0. The van der Waals surface area contributed by atoms with Crippen molar-refractivity contribution in [1.82, 2.24) is 15.3 Å². The van der Waals surface area contributed by atoms with E-state index in [9.17, 15) is 19.8 Å². The summed E-state index contributed by atoms with van der Waals surface area (Å²) in [6.07, 6.45) is 0.938. The van der Waals surface area contributed by atoms with Gasteiger partial charge in [0.2, 0.25) is 5.91 Å². The Morgan fingerprint density at radius 1 is 1.19 bits per heavy atom. The van der Waals surface area contributed by atoms with Crippen molar-refractivity contribution >= 4 is 33.7 Å². The largest absolute Gasteiger partial charge is 0.480 e. The number of rotatable bonds is 8. The van der Waals surface area contributed by atoms with E-state index in [1.807, 2.05) is 37.3 Å². The average Bonchev–Trinajstić information content (AvgIpc) is 3.37. The van der Waals surface area contributed by atoms with E-state index in [0.29, 0.717) is 35.7 Å². The summed E-state index contributed by atoms with van der Waals surface area (Å²) < 4.78 is 5.70. The fourth-order valence-electron chi connectivity index (χ4n) is 3.71. The summed E-state index contributed by atoms with van der Waals surface area (Å²) in [5, 5.41) is 23.1. The first kappa shape index (κ1) is 20.6. The second-order valence-electron chi connectivity index (χ2n) is 7.40. The number of H-pyrrole nitrogens is 1. The summed E-state index contributed by atoms with van der Waals surface area (Å²) in [6, 6.07) is 12.1. The number of nitrogens with one attached hydrogen (secondary N) is 2. The topological polar surface area (TPSA) is 128 Å². The maximum absolute atomic E-state index is 12.6. The Hall–Kier alpha value is -3.65. The number of aliphatic hydroxyl groups excluding tert-OH is 1. The fraction of sp³-hybridized carbons (Fsp3) is 0.261. The molecule has 8 nitrogen and oxygen atoms in total. The number of benzene rings is 1. The Kier molecular flexibility index (Phi) is 5.73. The Morgan fingerprint density at radius 2 is 2.00 bits per heavy atom. The zero-order valence-corrected chi connectivity index (χ0v) is 17.0. The number of para-hydroxylation sites is 1. The van der Waals surface area contributed by atoms with E-state index in [4.69, 9.17) is 4.42 Å². The highest BCUT2D eigenvalue weighted by atomic mass is 16.4. The molecule has 0 aliphatic rings. The molecule has 1 amide bonds. The van der Waals surface area contributed by atoms with Crippen LogP contribution in [-0.2, 0) is 22.6 Å². The number of aromatic nitrogens is 2. The van der Waals surface area contributed by atoms with Crippen LogP contribution in [0.5, 0.6) is 0 Å². The monoisotopic (exact) mass is 421 g/mol. The molecule has 1 atom stereocenters. The summed E-state index contributed by atoms with van der Waals surface area (Å²) in [5.41, 5.74) is 2.70. The third-order valence-corrected chi connectivity index (χ3v) is 5.15. The molecule has 0 aliphatic heterocycles. The number of furan rings is 1. The van der Waals surface area contributed by atoms with Gasteiger partial charge in [0.1, 0.15) is 24.1 Å². The number of hydrogen-bond donors (Lipinski definition) is 4. The van der Waals surface area contributed by atoms with Crippen LogP contribution in [0.3, 0.4) is 0 Å². The lowest BCUT2D eigenvalue weighted by atomic mass is 10.1. The number of aliphatic carboxylic acids is 1. The minimum atomic E-state index is -1.05. The molecule has 0 spiro atoms. The predicted molar refractivity (Wildman–Crippen MR) is 115 cm³/mol. The molecule has 8 heteroatoms. The number of amides is 1. The quantitative estimate of drug-likeness (QED) is 0.345. The second-order valence-corrected chi connectivity index (χ2v) is 7.40. The molecular formula is C23H23N3O5. The maximum atomic E-state index is 12.6. The maximum Gasteiger partial charge on any atom is 0.326 e. The molecule has 3 aromatic heterocycles. The van der Waals surface area contributed by atoms with Crippen LogP contribution in [0.15, 0.2) is 46.9 Å². The molecule has 0 aliphatic carbocycles. The molecule has 4 N–H and O–H groups in total. The molecule has 1 aromatic carbocycles. The summed E-state index contributed by atoms with van der Waals surface area (Å²) in [7, 11) is 0. The molecule has 1 unspecified atom stereocenters. The van der Waals surface area contributed by atoms with Crippen molar-refractivity contribution < 1.29 is 24.2 Å². The summed E-state index contributed by atoms with van der Waals surface area (Å²) >= 11 is 0. The smallest absolute Gasteiger partial charge is 0.326 e. The first-order chi connectivity index (χ1) is 15.0. The Balaban J connectivity index is 1.76. The van der Waals surface area contributed by atoms with E-state index in [1.165, 1.54) is 0 Å². The zero-order chi connectivity index (χ0) is 22.0. The van der Waals surface area contributed by atoms with Gasteiger partial charge in [0, 0.05) is 16.3 Å². The summed E-state index contributed by atoms with van der Waals surface area (Å²) in [6.45, 7) is 1.64. The number of carbonyl (C=O) groups excluding carboxylic acids is 1. The van der Waals surface area contributed by atoms with Gasteiger partial charge in [-0.25, -0.2) is 9.78 Å². The number of fused-ring (bicyclic) bond motifs is 3. The van der Waals surface area contributed by atoms with Crippen LogP contribution >= 0.6 is 0 Å². The van der Waals surface area contributed by atoms with E-state index in [0.717, 1.165) is 21.8 Å². The number of carboxylic acid groups (broad SMARTS) is 1. The van der Waals surface area contributed by atoms with Crippen molar-refractivity contribution in [1.29, 1.82) is 0 Å². The number of pyridine rings is 1. The minimum absolute atomic E-state index is 0.0660. The van der Waals surface area contributed by atoms with Gasteiger partial charge in [0.05, 0.1) is 17.6 Å². The molecule has 160 valence electrons. The van der Waals surface area contributed by atoms with Crippen LogP contribution in [0.2, 0.25) is 0 Å². The lowest BCUT2D eigenvalue weighted by molar-refractivity contribution is -0.141. The molecule has 4 aromatic rings. The Morgan fingerprint density at radius 3 is 2.71 bits per heavy atom. The molecule has 0 radical (unpaired) electrons. The first-order valence-electron chi connectivity index (χ1n) is 10.1. The molecule has 0 fully saturated rings. The van der Waals surface area contributed by atoms with Gasteiger partial charge in [0.15, 0.2) is 5.76 Å². The highest BCUT2D eigenvalue weighted by Gasteiger charge is 2.21. The number of nitrogens with zero attached hydrogens (tertiary/aromatic N) is 1. The molecular weight excluding hydrogens is 398 g/mol. The highest BCUT2D eigenvalue weighted by molar-refractivity contribution is 6.11. The van der Waals surface area contributed by atoms with Crippen LogP contribution < -0.4 is 5.32 Å². The SMILES string of the molecule is CCCC(NC(=O)Cc1cc2c([nH]c3ccccc32)c(-c2ccc(CO)o2)n1)C(=O)O. The van der Waals surface area contributed by atoms with Crippen molar-refractivity contribution in [3.05, 3.63) is 53.9 Å². The van der Waals surface area contributed by atoms with E-state index in [-0.39, 0.29) is 13.0 Å². The van der Waals surface area contributed by atoms with Gasteiger partial charge in [-0.2, -0.15) is 0 Å². The number of hydrogen-bond acceptors (Lipinski definition) is 5. The van der Waals surface area contributed by atoms with Crippen LogP contribution in [0.25, 0.3) is 33.3 Å². The van der Waals surface area contributed by atoms with E-state index in [1.54, 1.807) is 12.1 Å². The number of carboxylic acids is 1. The number of aliphatic hydroxyl groups is 1. The molecule has 0 saturated carbocycles. The van der Waals surface area contributed by atoms with E-state index < -0.39 is 17.9 Å². The average molecular weight is 421 g/mol. The Labute approximate surface area is 177 Å². The molecule has 4 rings (SSSR count). The second kappa shape index (κ2) is 8.61. The van der Waals surface area contributed by atoms with Crippen molar-refractivity contribution in [2.24, 2.45) is 0 Å². The van der Waals surface area contributed by atoms with Gasteiger partial charge in [-0.3, -0.25) is 4.79 Å². The minimum Gasteiger partial charge on any atom is -0.480 e. The van der Waals surface area contributed by atoms with Gasteiger partial charge in [0.25, 0.3) is 0 Å². The van der Waals surface area contributed by atoms with Gasteiger partial charge in [-0.15, -0.1) is 0 Å². The molecule has 3 heterocycles. The van der Waals surface area contributed by atoms with Crippen LogP contribution in [0.1, 0.15) is 31.2 Å². The molecule has 31 heavy (non-hydrogen) atoms. The van der Waals surface area contributed by atoms with Gasteiger partial charge < -0.3 is 24.9 Å². The third-order valence-electron chi connectivity index (χ3n) is 5.15. The lowest BCUT2D eigenvalue weighted by Gasteiger charge is -2.13. The van der Waals surface area contributed by atoms with Crippen LogP contribution in [0.4, 0.5) is 0 Å². The number of carbonyl (C=O) groups is 2. The van der Waals surface area contributed by atoms with Crippen molar-refractivity contribution in [3.63, 3.8) is 0 Å². The van der Waals surface area contributed by atoms with E-state index in [2.05, 4.69) is 15.3 Å². The van der Waals surface area contributed by atoms with Crippen molar-refractivity contribution in [2.45, 2.75) is 38.8 Å².